The van der Waals surface area contributed by atoms with E-state index in [2.05, 4.69) is 0 Å². The van der Waals surface area contributed by atoms with Crippen LogP contribution in [0.3, 0.4) is 0 Å². The van der Waals surface area contributed by atoms with Gasteiger partial charge in [-0.05, 0) is 44.8 Å². The highest BCUT2D eigenvalue weighted by Gasteiger charge is 2.34. The molecule has 0 heterocycles. The van der Waals surface area contributed by atoms with Crippen LogP contribution >= 0.6 is 0 Å². The van der Waals surface area contributed by atoms with E-state index in [0.717, 1.165) is 23.1 Å². The van der Waals surface area contributed by atoms with E-state index >= 15 is 0 Å². The highest BCUT2D eigenvalue weighted by atomic mass is 16.3. The molecule has 1 atom stereocenters. The lowest BCUT2D eigenvalue weighted by molar-refractivity contribution is -0.117. The van der Waals surface area contributed by atoms with Crippen molar-refractivity contribution in [2.45, 2.75) is 53.4 Å². The van der Waals surface area contributed by atoms with Gasteiger partial charge in [0.25, 0.3) is 0 Å². The van der Waals surface area contributed by atoms with Crippen molar-refractivity contribution in [2.24, 2.45) is 5.41 Å². The molecule has 0 unspecified atom stereocenters. The number of hydrogen-bond donors (Lipinski definition) is 1. The van der Waals surface area contributed by atoms with Gasteiger partial charge in [0.1, 0.15) is 5.78 Å². The van der Waals surface area contributed by atoms with Gasteiger partial charge in [0.15, 0.2) is 5.78 Å². The SMILES string of the molecule is CC(=O)CC/C=C(C)\C=C\C1=C(C)C(=O)CC[C@]1(C)CO. The number of rotatable bonds is 6. The van der Waals surface area contributed by atoms with Gasteiger partial charge < -0.3 is 9.90 Å². The molecule has 3 heteroatoms. The largest absolute Gasteiger partial charge is 0.395 e. The van der Waals surface area contributed by atoms with Gasteiger partial charge >= 0.3 is 0 Å². The van der Waals surface area contributed by atoms with Gasteiger partial charge in [-0.1, -0.05) is 30.7 Å². The maximum absolute atomic E-state index is 11.9. The summed E-state index contributed by atoms with van der Waals surface area (Å²) in [5.74, 6) is 0.353. The van der Waals surface area contributed by atoms with Crippen molar-refractivity contribution < 1.29 is 14.7 Å². The van der Waals surface area contributed by atoms with Gasteiger partial charge in [-0.25, -0.2) is 0 Å². The van der Waals surface area contributed by atoms with Crippen LogP contribution in [0.25, 0.3) is 0 Å². The molecule has 0 saturated heterocycles. The number of allylic oxidation sites excluding steroid dienone is 5. The summed E-state index contributed by atoms with van der Waals surface area (Å²) >= 11 is 0. The topological polar surface area (TPSA) is 54.4 Å². The Morgan fingerprint density at radius 2 is 2.05 bits per heavy atom. The van der Waals surface area contributed by atoms with Crippen LogP contribution in [0.15, 0.2) is 34.9 Å². The minimum absolute atomic E-state index is 0.0460. The zero-order valence-electron chi connectivity index (χ0n) is 13.5. The molecule has 0 aromatic heterocycles. The average molecular weight is 290 g/mol. The average Bonchev–Trinajstić information content (AvgIpc) is 2.43. The van der Waals surface area contributed by atoms with Crippen LogP contribution in [0, 0.1) is 5.41 Å². The normalized spacial score (nSPS) is 24.0. The Hall–Kier alpha value is -1.48. The molecular formula is C18H26O3. The highest BCUT2D eigenvalue weighted by molar-refractivity contribution is 5.97. The Balaban J connectivity index is 2.91. The fourth-order valence-electron chi connectivity index (χ4n) is 2.59. The van der Waals surface area contributed by atoms with Gasteiger partial charge in [-0.15, -0.1) is 0 Å². The molecule has 1 N–H and O–H groups in total. The maximum atomic E-state index is 11.9. The first-order valence-corrected chi connectivity index (χ1v) is 7.50. The summed E-state index contributed by atoms with van der Waals surface area (Å²) in [6, 6.07) is 0. The van der Waals surface area contributed by atoms with Crippen LogP contribution in [0.2, 0.25) is 0 Å². The third kappa shape index (κ3) is 4.78. The molecule has 0 saturated carbocycles. The van der Waals surface area contributed by atoms with Gasteiger partial charge in [0.2, 0.25) is 0 Å². The quantitative estimate of drug-likeness (QED) is 0.761. The summed E-state index contributed by atoms with van der Waals surface area (Å²) in [4.78, 5) is 22.8. The molecule has 0 aliphatic heterocycles. The molecular weight excluding hydrogens is 264 g/mol. The third-order valence-electron chi connectivity index (χ3n) is 4.20. The summed E-state index contributed by atoms with van der Waals surface area (Å²) in [6.45, 7) is 7.45. The molecule has 0 radical (unpaired) electrons. The minimum Gasteiger partial charge on any atom is -0.395 e. The van der Waals surface area contributed by atoms with E-state index in [1.165, 1.54) is 0 Å². The van der Waals surface area contributed by atoms with Crippen molar-refractivity contribution in [3.05, 3.63) is 34.9 Å². The molecule has 1 aliphatic carbocycles. The Morgan fingerprint density at radius 3 is 2.62 bits per heavy atom. The van der Waals surface area contributed by atoms with Crippen LogP contribution in [0.4, 0.5) is 0 Å². The predicted octanol–water partition coefficient (Wildman–Crippen LogP) is 3.54. The second-order valence-electron chi connectivity index (χ2n) is 6.20. The fraction of sp³-hybridized carbons (Fsp3) is 0.556. The summed E-state index contributed by atoms with van der Waals surface area (Å²) in [7, 11) is 0. The van der Waals surface area contributed by atoms with E-state index in [-0.39, 0.29) is 23.6 Å². The molecule has 0 bridgehead atoms. The van der Waals surface area contributed by atoms with Gasteiger partial charge in [0, 0.05) is 18.3 Å². The van der Waals surface area contributed by atoms with Gasteiger partial charge in [0.05, 0.1) is 6.61 Å². The molecule has 0 aromatic carbocycles. The van der Waals surface area contributed by atoms with E-state index < -0.39 is 0 Å². The Bertz CT molecular complexity index is 509. The molecule has 0 spiro atoms. The summed E-state index contributed by atoms with van der Waals surface area (Å²) in [5.41, 5.74) is 2.41. The van der Waals surface area contributed by atoms with Crippen molar-refractivity contribution in [1.82, 2.24) is 0 Å². The molecule has 116 valence electrons. The van der Waals surface area contributed by atoms with Crippen LogP contribution in [0.1, 0.15) is 53.4 Å². The predicted molar refractivity (Wildman–Crippen MR) is 84.9 cm³/mol. The van der Waals surface area contributed by atoms with Crippen molar-refractivity contribution in [2.75, 3.05) is 6.61 Å². The fourth-order valence-corrected chi connectivity index (χ4v) is 2.59. The number of Topliss-reactive ketones (excluding diaryl/α,β-unsaturated/α-hetero) is 2. The Morgan fingerprint density at radius 1 is 1.38 bits per heavy atom. The molecule has 21 heavy (non-hydrogen) atoms. The van der Waals surface area contributed by atoms with E-state index in [1.54, 1.807) is 6.92 Å². The van der Waals surface area contributed by atoms with Crippen molar-refractivity contribution >= 4 is 11.6 Å². The molecule has 1 rings (SSSR count). The lowest BCUT2D eigenvalue weighted by Crippen LogP contribution is -2.30. The van der Waals surface area contributed by atoms with Gasteiger partial charge in [-0.2, -0.15) is 0 Å². The highest BCUT2D eigenvalue weighted by Crippen LogP contribution is 2.39. The van der Waals surface area contributed by atoms with Crippen molar-refractivity contribution in [3.63, 3.8) is 0 Å². The third-order valence-corrected chi connectivity index (χ3v) is 4.20. The number of hydrogen-bond acceptors (Lipinski definition) is 3. The first-order chi connectivity index (χ1) is 9.80. The summed E-state index contributed by atoms with van der Waals surface area (Å²) in [6.07, 6.45) is 8.42. The smallest absolute Gasteiger partial charge is 0.158 e. The monoisotopic (exact) mass is 290 g/mol. The van der Waals surface area contributed by atoms with Crippen LogP contribution in [-0.2, 0) is 9.59 Å². The number of aliphatic hydroxyl groups excluding tert-OH is 1. The van der Waals surface area contributed by atoms with Crippen LogP contribution < -0.4 is 0 Å². The first-order valence-electron chi connectivity index (χ1n) is 7.50. The van der Waals surface area contributed by atoms with Crippen molar-refractivity contribution in [1.29, 1.82) is 0 Å². The number of ketones is 2. The van der Waals surface area contributed by atoms with Crippen LogP contribution in [0.5, 0.6) is 0 Å². The second kappa shape index (κ2) is 7.51. The first kappa shape index (κ1) is 17.6. The van der Waals surface area contributed by atoms with E-state index in [4.69, 9.17) is 0 Å². The molecule has 0 amide bonds. The summed E-state index contributed by atoms with van der Waals surface area (Å²) < 4.78 is 0. The maximum Gasteiger partial charge on any atom is 0.158 e. The van der Waals surface area contributed by atoms with Crippen LogP contribution in [-0.4, -0.2) is 23.3 Å². The zero-order chi connectivity index (χ0) is 16.0. The molecule has 1 aliphatic rings. The lowest BCUT2D eigenvalue weighted by Gasteiger charge is -2.34. The number of carbonyl (C=O) groups is 2. The summed E-state index contributed by atoms with van der Waals surface area (Å²) in [5, 5.41) is 9.66. The molecule has 0 fully saturated rings. The standard InChI is InChI=1S/C18H26O3/c1-13(6-5-7-14(2)20)8-9-16-15(3)17(21)10-11-18(16,4)12-19/h6,8-9,19H,5,7,10-12H2,1-4H3/b9-8+,13-6-/t18-/m1/s1. The van der Waals surface area contributed by atoms with Gasteiger partial charge in [-0.3, -0.25) is 4.79 Å². The molecule has 0 aromatic rings. The Labute approximate surface area is 127 Å². The zero-order valence-corrected chi connectivity index (χ0v) is 13.5. The second-order valence-corrected chi connectivity index (χ2v) is 6.20. The molecule has 3 nitrogen and oxygen atoms in total. The minimum atomic E-state index is -0.339. The number of carbonyl (C=O) groups excluding carboxylic acids is 2. The lowest BCUT2D eigenvalue weighted by atomic mass is 9.71. The van der Waals surface area contributed by atoms with E-state index in [1.807, 2.05) is 39.0 Å². The number of aliphatic hydroxyl groups is 1. The van der Waals surface area contributed by atoms with E-state index in [0.29, 0.717) is 19.3 Å². The Kier molecular flexibility index (Phi) is 6.28. The van der Waals surface area contributed by atoms with Crippen molar-refractivity contribution in [3.8, 4) is 0 Å². The van der Waals surface area contributed by atoms with E-state index in [9.17, 15) is 14.7 Å².